The number of rotatable bonds is 3. The summed E-state index contributed by atoms with van der Waals surface area (Å²) >= 11 is 0. The molecule has 0 radical (unpaired) electrons. The second kappa shape index (κ2) is 4.73. The maximum absolute atomic E-state index is 11.0. The summed E-state index contributed by atoms with van der Waals surface area (Å²) in [6, 6.07) is 0. The van der Waals surface area contributed by atoms with Crippen LogP contribution in [-0.4, -0.2) is 30.7 Å². The molecule has 7 heteroatoms. The molecule has 1 saturated heterocycles. The van der Waals surface area contributed by atoms with Gasteiger partial charge in [-0.15, -0.1) is 0 Å². The van der Waals surface area contributed by atoms with Gasteiger partial charge >= 0.3 is 0 Å². The Kier molecular flexibility index (Phi) is 3.51. The van der Waals surface area contributed by atoms with Gasteiger partial charge in [-0.1, -0.05) is 0 Å². The molecule has 0 aliphatic carbocycles. The first-order valence-electron chi connectivity index (χ1n) is 5.14. The topological polar surface area (TPSA) is 61.2 Å². The molecule has 0 aromatic carbocycles. The lowest BCUT2D eigenvalue weighted by atomic mass is 10.1. The van der Waals surface area contributed by atoms with Crippen LogP contribution in [0.4, 0.5) is 0 Å². The molecule has 1 aliphatic heterocycles. The molecule has 0 saturated carbocycles. The first-order valence-corrected chi connectivity index (χ1v) is 7.45. The monoisotopic (exact) mass is 264 g/mol. The highest BCUT2D eigenvalue weighted by Gasteiger charge is 2.17. The van der Waals surface area contributed by atoms with Crippen molar-refractivity contribution in [2.75, 3.05) is 6.61 Å². The quantitative estimate of drug-likeness (QED) is 0.774. The van der Waals surface area contributed by atoms with Crippen molar-refractivity contribution in [1.29, 1.82) is 0 Å². The molecule has 2 rings (SSSR count). The van der Waals surface area contributed by atoms with Gasteiger partial charge in [0.25, 0.3) is 9.05 Å². The summed E-state index contributed by atoms with van der Waals surface area (Å²) in [5, 5.41) is -0.107. The third kappa shape index (κ3) is 2.96. The zero-order chi connectivity index (χ0) is 11.6. The minimum Gasteiger partial charge on any atom is -0.376 e. The molecule has 0 spiro atoms. The minimum absolute atomic E-state index is 0.107. The fourth-order valence-electron chi connectivity index (χ4n) is 1.75. The third-order valence-corrected chi connectivity index (χ3v) is 3.73. The summed E-state index contributed by atoms with van der Waals surface area (Å²) < 4.78 is 29.2. The van der Waals surface area contributed by atoms with Gasteiger partial charge in [0.05, 0.1) is 12.4 Å². The number of aromatic nitrogens is 2. The molecule has 1 aliphatic rings. The summed E-state index contributed by atoms with van der Waals surface area (Å²) in [5.41, 5.74) is 0. The van der Waals surface area contributed by atoms with Crippen LogP contribution in [0.5, 0.6) is 0 Å². The first-order chi connectivity index (χ1) is 7.55. The molecular formula is C9H13ClN2O3S. The van der Waals surface area contributed by atoms with Crippen LogP contribution in [0.3, 0.4) is 0 Å². The molecule has 0 amide bonds. The average molecular weight is 265 g/mol. The zero-order valence-corrected chi connectivity index (χ0v) is 10.2. The normalized spacial score (nSPS) is 22.2. The Hall–Kier alpha value is -0.590. The van der Waals surface area contributed by atoms with Crippen molar-refractivity contribution >= 4 is 19.7 Å². The maximum Gasteiger partial charge on any atom is 0.280 e. The van der Waals surface area contributed by atoms with E-state index >= 15 is 0 Å². The van der Waals surface area contributed by atoms with Crippen molar-refractivity contribution in [3.8, 4) is 0 Å². The van der Waals surface area contributed by atoms with Crippen molar-refractivity contribution in [1.82, 2.24) is 9.55 Å². The van der Waals surface area contributed by atoms with Crippen molar-refractivity contribution in [2.45, 2.75) is 36.9 Å². The molecule has 2 heterocycles. The molecule has 0 N–H and O–H groups in total. The van der Waals surface area contributed by atoms with Crippen LogP contribution in [0.25, 0.3) is 0 Å². The Labute approximate surface area is 98.8 Å². The highest BCUT2D eigenvalue weighted by molar-refractivity contribution is 8.13. The Balaban J connectivity index is 2.02. The number of imidazole rings is 1. The van der Waals surface area contributed by atoms with E-state index in [0.717, 1.165) is 25.9 Å². The summed E-state index contributed by atoms with van der Waals surface area (Å²) in [7, 11) is 1.46. The van der Waals surface area contributed by atoms with Crippen LogP contribution in [0.15, 0.2) is 17.6 Å². The van der Waals surface area contributed by atoms with Crippen molar-refractivity contribution in [3.63, 3.8) is 0 Å². The van der Waals surface area contributed by atoms with E-state index in [-0.39, 0.29) is 11.1 Å². The fourth-order valence-corrected chi connectivity index (χ4v) is 2.43. The van der Waals surface area contributed by atoms with Gasteiger partial charge in [0.1, 0.15) is 0 Å². The van der Waals surface area contributed by atoms with Crippen LogP contribution in [-0.2, 0) is 20.3 Å². The van der Waals surface area contributed by atoms with E-state index in [1.807, 2.05) is 0 Å². The molecule has 1 atom stereocenters. The van der Waals surface area contributed by atoms with E-state index in [2.05, 4.69) is 4.98 Å². The third-order valence-electron chi connectivity index (χ3n) is 2.55. The second-order valence-electron chi connectivity index (χ2n) is 3.84. The van der Waals surface area contributed by atoms with Gasteiger partial charge in [0, 0.05) is 30.0 Å². The number of halogens is 1. The van der Waals surface area contributed by atoms with Gasteiger partial charge in [-0.05, 0) is 19.3 Å². The van der Waals surface area contributed by atoms with Crippen LogP contribution in [0.2, 0.25) is 0 Å². The highest BCUT2D eigenvalue weighted by atomic mass is 35.7. The number of ether oxygens (including phenoxy) is 1. The second-order valence-corrected chi connectivity index (χ2v) is 6.35. The van der Waals surface area contributed by atoms with Gasteiger partial charge in [0.2, 0.25) is 0 Å². The van der Waals surface area contributed by atoms with Crippen LogP contribution >= 0.6 is 10.7 Å². The molecular weight excluding hydrogens is 252 g/mol. The number of hydrogen-bond acceptors (Lipinski definition) is 4. The standard InChI is InChI=1S/C9H13ClN2O3S/c10-16(13,14)9-6-12(7-11-9)5-8-3-1-2-4-15-8/h6-8H,1-5H2. The van der Waals surface area contributed by atoms with E-state index < -0.39 is 9.05 Å². The molecule has 1 fully saturated rings. The average Bonchev–Trinajstić information content (AvgIpc) is 2.67. The lowest BCUT2D eigenvalue weighted by Gasteiger charge is -2.22. The van der Waals surface area contributed by atoms with Gasteiger partial charge in [-0.25, -0.2) is 13.4 Å². The Morgan fingerprint density at radius 2 is 2.38 bits per heavy atom. The van der Waals surface area contributed by atoms with Crippen LogP contribution < -0.4 is 0 Å². The van der Waals surface area contributed by atoms with Gasteiger partial charge < -0.3 is 9.30 Å². The molecule has 1 unspecified atom stereocenters. The molecule has 5 nitrogen and oxygen atoms in total. The maximum atomic E-state index is 11.0. The predicted molar refractivity (Wildman–Crippen MR) is 58.9 cm³/mol. The van der Waals surface area contributed by atoms with Crippen molar-refractivity contribution in [2.24, 2.45) is 0 Å². The van der Waals surface area contributed by atoms with E-state index in [0.29, 0.717) is 6.54 Å². The predicted octanol–water partition coefficient (Wildman–Crippen LogP) is 1.38. The molecule has 1 aromatic rings. The van der Waals surface area contributed by atoms with Gasteiger partial charge in [-0.3, -0.25) is 0 Å². The Morgan fingerprint density at radius 3 is 2.94 bits per heavy atom. The SMILES string of the molecule is O=S(=O)(Cl)c1cn(CC2CCCCO2)cn1. The van der Waals surface area contributed by atoms with Crippen LogP contribution in [0, 0.1) is 0 Å². The van der Waals surface area contributed by atoms with E-state index in [1.54, 1.807) is 4.57 Å². The van der Waals surface area contributed by atoms with E-state index in [1.165, 1.54) is 12.5 Å². The smallest absolute Gasteiger partial charge is 0.280 e. The van der Waals surface area contributed by atoms with E-state index in [9.17, 15) is 8.42 Å². The Bertz CT molecular complexity index is 451. The Morgan fingerprint density at radius 1 is 1.56 bits per heavy atom. The summed E-state index contributed by atoms with van der Waals surface area (Å²) in [4.78, 5) is 3.74. The van der Waals surface area contributed by atoms with Gasteiger partial charge in [0.15, 0.2) is 5.03 Å². The number of nitrogens with zero attached hydrogens (tertiary/aromatic N) is 2. The van der Waals surface area contributed by atoms with Gasteiger partial charge in [-0.2, -0.15) is 0 Å². The minimum atomic E-state index is -3.72. The van der Waals surface area contributed by atoms with Crippen molar-refractivity contribution in [3.05, 3.63) is 12.5 Å². The number of hydrogen-bond donors (Lipinski definition) is 0. The largest absolute Gasteiger partial charge is 0.376 e. The zero-order valence-electron chi connectivity index (χ0n) is 8.67. The molecule has 90 valence electrons. The first kappa shape index (κ1) is 11.9. The molecule has 0 bridgehead atoms. The molecule has 1 aromatic heterocycles. The highest BCUT2D eigenvalue weighted by Crippen LogP contribution is 2.16. The molecule has 16 heavy (non-hydrogen) atoms. The lowest BCUT2D eigenvalue weighted by molar-refractivity contribution is 0.00594. The van der Waals surface area contributed by atoms with E-state index in [4.69, 9.17) is 15.4 Å². The summed E-state index contributed by atoms with van der Waals surface area (Å²) in [5.74, 6) is 0. The van der Waals surface area contributed by atoms with Crippen LogP contribution in [0.1, 0.15) is 19.3 Å². The van der Waals surface area contributed by atoms with Crippen molar-refractivity contribution < 1.29 is 13.2 Å². The fraction of sp³-hybridized carbons (Fsp3) is 0.667. The summed E-state index contributed by atoms with van der Waals surface area (Å²) in [6.07, 6.45) is 6.30. The lowest BCUT2D eigenvalue weighted by Crippen LogP contribution is -2.23. The summed E-state index contributed by atoms with van der Waals surface area (Å²) in [6.45, 7) is 1.40.